The molecule has 0 fully saturated rings. The molecule has 1 aromatic rings. The van der Waals surface area contributed by atoms with Crippen LogP contribution >= 0.6 is 0 Å². The van der Waals surface area contributed by atoms with E-state index in [9.17, 15) is 14.0 Å². The summed E-state index contributed by atoms with van der Waals surface area (Å²) in [7, 11) is 0. The summed E-state index contributed by atoms with van der Waals surface area (Å²) >= 11 is 0. The van der Waals surface area contributed by atoms with Crippen molar-refractivity contribution >= 4 is 11.9 Å². The number of nitrogens with one attached hydrogen (secondary N) is 1. The molecule has 0 aliphatic carbocycles. The summed E-state index contributed by atoms with van der Waals surface area (Å²) in [6, 6.07) is 1.05. The summed E-state index contributed by atoms with van der Waals surface area (Å²) in [5, 5.41) is 11.2. The minimum absolute atomic E-state index is 0.0151. The van der Waals surface area contributed by atoms with Crippen LogP contribution in [0.5, 0.6) is 0 Å². The van der Waals surface area contributed by atoms with E-state index in [4.69, 9.17) is 5.11 Å². The highest BCUT2D eigenvalue weighted by Crippen LogP contribution is 2.03. The third-order valence-electron chi connectivity index (χ3n) is 2.32. The third-order valence-corrected chi connectivity index (χ3v) is 2.32. The second kappa shape index (κ2) is 5.93. The van der Waals surface area contributed by atoms with Crippen LogP contribution in [0.2, 0.25) is 0 Å². The molecule has 17 heavy (non-hydrogen) atoms. The van der Waals surface area contributed by atoms with Crippen molar-refractivity contribution in [2.24, 2.45) is 5.92 Å². The smallest absolute Gasteiger partial charge is 0.308 e. The van der Waals surface area contributed by atoms with Crippen LogP contribution in [0.3, 0.4) is 0 Å². The largest absolute Gasteiger partial charge is 0.481 e. The van der Waals surface area contributed by atoms with E-state index in [1.807, 2.05) is 0 Å². The first-order chi connectivity index (χ1) is 8.04. The number of pyridine rings is 1. The highest BCUT2D eigenvalue weighted by atomic mass is 19.1. The number of hydrogen-bond acceptors (Lipinski definition) is 3. The van der Waals surface area contributed by atoms with Crippen LogP contribution in [0, 0.1) is 11.7 Å². The Bertz CT molecular complexity index is 423. The number of halogens is 1. The Kier molecular flexibility index (Phi) is 4.56. The fourth-order valence-corrected chi connectivity index (χ4v) is 1.26. The van der Waals surface area contributed by atoms with Gasteiger partial charge < -0.3 is 10.4 Å². The Morgan fingerprint density at radius 3 is 2.76 bits per heavy atom. The molecule has 1 amide bonds. The molecule has 1 rings (SSSR count). The van der Waals surface area contributed by atoms with Gasteiger partial charge in [-0.1, -0.05) is 6.92 Å². The minimum atomic E-state index is -0.967. The lowest BCUT2D eigenvalue weighted by Crippen LogP contribution is -2.32. The molecule has 1 aromatic heterocycles. The zero-order chi connectivity index (χ0) is 12.8. The van der Waals surface area contributed by atoms with E-state index in [2.05, 4.69) is 10.3 Å². The zero-order valence-electron chi connectivity index (χ0n) is 9.31. The van der Waals surface area contributed by atoms with Crippen LogP contribution in [0.4, 0.5) is 4.39 Å². The summed E-state index contributed by atoms with van der Waals surface area (Å²) in [4.78, 5) is 25.8. The predicted octanol–water partition coefficient (Wildman–Crippen LogP) is 1.06. The van der Waals surface area contributed by atoms with Crippen LogP contribution in [-0.4, -0.2) is 28.5 Å². The second-order valence-electron chi connectivity index (χ2n) is 3.55. The molecule has 1 unspecified atom stereocenters. The van der Waals surface area contributed by atoms with E-state index in [0.29, 0.717) is 6.42 Å². The van der Waals surface area contributed by atoms with E-state index in [1.165, 1.54) is 6.20 Å². The highest BCUT2D eigenvalue weighted by Gasteiger charge is 2.16. The van der Waals surface area contributed by atoms with Gasteiger partial charge in [0.15, 0.2) is 0 Å². The molecule has 6 heteroatoms. The van der Waals surface area contributed by atoms with Gasteiger partial charge in [0.2, 0.25) is 0 Å². The predicted molar refractivity (Wildman–Crippen MR) is 57.9 cm³/mol. The fourth-order valence-electron chi connectivity index (χ4n) is 1.26. The molecule has 5 nitrogen and oxygen atoms in total. The summed E-state index contributed by atoms with van der Waals surface area (Å²) in [5.74, 6) is -2.75. The van der Waals surface area contributed by atoms with Gasteiger partial charge in [-0.3, -0.25) is 14.6 Å². The minimum Gasteiger partial charge on any atom is -0.481 e. The molecule has 1 heterocycles. The summed E-state index contributed by atoms with van der Waals surface area (Å²) in [6.45, 7) is 1.73. The second-order valence-corrected chi connectivity index (χ2v) is 3.55. The van der Waals surface area contributed by atoms with Gasteiger partial charge in [-0.05, 0) is 12.5 Å². The molecule has 0 aliphatic rings. The number of aliphatic carboxylic acids is 1. The molecule has 0 saturated carbocycles. The van der Waals surface area contributed by atoms with Crippen molar-refractivity contribution in [1.82, 2.24) is 10.3 Å². The van der Waals surface area contributed by atoms with Gasteiger partial charge in [0.1, 0.15) is 5.82 Å². The van der Waals surface area contributed by atoms with Crippen LogP contribution in [0.25, 0.3) is 0 Å². The standard InChI is InChI=1S/C11H13FN2O3/c1-2-7(11(16)17)5-14-10(15)8-3-9(12)6-13-4-8/h3-4,6-7H,2,5H2,1H3,(H,14,15)(H,16,17). The van der Waals surface area contributed by atoms with Gasteiger partial charge in [-0.2, -0.15) is 0 Å². The maximum atomic E-state index is 12.8. The van der Waals surface area contributed by atoms with Gasteiger partial charge in [-0.15, -0.1) is 0 Å². The molecular formula is C11H13FN2O3. The molecule has 0 saturated heterocycles. The topological polar surface area (TPSA) is 79.3 Å². The monoisotopic (exact) mass is 240 g/mol. The molecule has 0 spiro atoms. The Labute approximate surface area is 97.7 Å². The number of nitrogens with zero attached hydrogens (tertiary/aromatic N) is 1. The summed E-state index contributed by atoms with van der Waals surface area (Å²) in [6.07, 6.45) is 2.63. The lowest BCUT2D eigenvalue weighted by atomic mass is 10.1. The van der Waals surface area contributed by atoms with Crippen molar-refractivity contribution in [1.29, 1.82) is 0 Å². The average molecular weight is 240 g/mol. The van der Waals surface area contributed by atoms with Crippen molar-refractivity contribution in [2.45, 2.75) is 13.3 Å². The van der Waals surface area contributed by atoms with E-state index >= 15 is 0 Å². The first kappa shape index (κ1) is 13.1. The molecule has 1 atom stereocenters. The quantitative estimate of drug-likeness (QED) is 0.806. The Morgan fingerprint density at radius 1 is 1.53 bits per heavy atom. The fraction of sp³-hybridized carbons (Fsp3) is 0.364. The van der Waals surface area contributed by atoms with Gasteiger partial charge in [0, 0.05) is 12.7 Å². The zero-order valence-corrected chi connectivity index (χ0v) is 9.31. The first-order valence-electron chi connectivity index (χ1n) is 5.16. The number of rotatable bonds is 5. The number of carbonyl (C=O) groups is 2. The lowest BCUT2D eigenvalue weighted by molar-refractivity contribution is -0.141. The van der Waals surface area contributed by atoms with Crippen molar-refractivity contribution in [2.75, 3.05) is 6.54 Å². The highest BCUT2D eigenvalue weighted by molar-refractivity contribution is 5.94. The first-order valence-corrected chi connectivity index (χ1v) is 5.16. The number of carbonyl (C=O) groups excluding carboxylic acids is 1. The average Bonchev–Trinajstić information content (AvgIpc) is 2.29. The van der Waals surface area contributed by atoms with Crippen LogP contribution < -0.4 is 5.32 Å². The maximum absolute atomic E-state index is 12.8. The molecule has 2 N–H and O–H groups in total. The summed E-state index contributed by atoms with van der Waals surface area (Å²) < 4.78 is 12.8. The van der Waals surface area contributed by atoms with Crippen molar-refractivity contribution in [3.8, 4) is 0 Å². The molecule has 92 valence electrons. The van der Waals surface area contributed by atoms with Crippen LogP contribution in [0.15, 0.2) is 18.5 Å². The van der Waals surface area contributed by atoms with Gasteiger partial charge >= 0.3 is 5.97 Å². The molecule has 0 aliphatic heterocycles. The Hall–Kier alpha value is -1.98. The van der Waals surface area contributed by atoms with E-state index in [1.54, 1.807) is 6.92 Å². The lowest BCUT2D eigenvalue weighted by Gasteiger charge is -2.10. The van der Waals surface area contributed by atoms with E-state index in [-0.39, 0.29) is 12.1 Å². The number of aromatic nitrogens is 1. The Morgan fingerprint density at radius 2 is 2.24 bits per heavy atom. The van der Waals surface area contributed by atoms with Gasteiger partial charge in [0.25, 0.3) is 5.91 Å². The number of amides is 1. The number of hydrogen-bond donors (Lipinski definition) is 2. The van der Waals surface area contributed by atoms with Crippen LogP contribution in [-0.2, 0) is 4.79 Å². The van der Waals surface area contributed by atoms with Crippen molar-refractivity contribution < 1.29 is 19.1 Å². The van der Waals surface area contributed by atoms with Crippen LogP contribution in [0.1, 0.15) is 23.7 Å². The summed E-state index contributed by atoms with van der Waals surface area (Å²) in [5.41, 5.74) is 0.0743. The third kappa shape index (κ3) is 3.82. The molecule has 0 radical (unpaired) electrons. The molecular weight excluding hydrogens is 227 g/mol. The number of carboxylic acid groups (broad SMARTS) is 1. The molecule has 0 aromatic carbocycles. The van der Waals surface area contributed by atoms with Gasteiger partial charge in [0.05, 0.1) is 17.7 Å². The van der Waals surface area contributed by atoms with E-state index < -0.39 is 23.6 Å². The van der Waals surface area contributed by atoms with Gasteiger partial charge in [-0.25, -0.2) is 4.39 Å². The normalized spacial score (nSPS) is 11.9. The number of carboxylic acids is 1. The molecule has 0 bridgehead atoms. The Balaban J connectivity index is 2.58. The van der Waals surface area contributed by atoms with E-state index in [0.717, 1.165) is 12.3 Å². The SMILES string of the molecule is CCC(CNC(=O)c1cncc(F)c1)C(=O)O. The van der Waals surface area contributed by atoms with Crippen molar-refractivity contribution in [3.05, 3.63) is 29.8 Å². The van der Waals surface area contributed by atoms with Crippen molar-refractivity contribution in [3.63, 3.8) is 0 Å². The maximum Gasteiger partial charge on any atom is 0.308 e.